The van der Waals surface area contributed by atoms with Gasteiger partial charge in [-0.3, -0.25) is 0 Å². The predicted octanol–water partition coefficient (Wildman–Crippen LogP) is 3.08. The van der Waals surface area contributed by atoms with Gasteiger partial charge in [-0.15, -0.1) is 0 Å². The summed E-state index contributed by atoms with van der Waals surface area (Å²) in [5.41, 5.74) is 3.08. The second kappa shape index (κ2) is 5.32. The molecular formula is C12H22N2O2. The van der Waals surface area contributed by atoms with E-state index in [4.69, 9.17) is 4.74 Å². The number of rotatable bonds is 1. The van der Waals surface area contributed by atoms with E-state index < -0.39 is 11.7 Å². The minimum atomic E-state index is -0.474. The first kappa shape index (κ1) is 13.0. The monoisotopic (exact) mass is 226 g/mol. The summed E-state index contributed by atoms with van der Waals surface area (Å²) in [5, 5.41) is 4.14. The zero-order valence-electron chi connectivity index (χ0n) is 10.7. The number of hydrazone groups is 1. The molecule has 1 rings (SSSR count). The standard InChI is InChI=1S/C12H22N2O2/c1-9-7-5-6-8-10(9)13-14-11(15)16-12(2,3)4/h9H,5-8H2,1-4H3,(H,14,15)/b13-10-/t9-/m0/s1. The van der Waals surface area contributed by atoms with E-state index >= 15 is 0 Å². The van der Waals surface area contributed by atoms with Gasteiger partial charge in [0.1, 0.15) is 5.60 Å². The lowest BCUT2D eigenvalue weighted by molar-refractivity contribution is 0.0528. The first-order chi connectivity index (χ1) is 7.38. The maximum Gasteiger partial charge on any atom is 0.428 e. The summed E-state index contributed by atoms with van der Waals surface area (Å²) >= 11 is 0. The zero-order chi connectivity index (χ0) is 12.2. The Bertz CT molecular complexity index is 279. The molecule has 1 fully saturated rings. The van der Waals surface area contributed by atoms with Gasteiger partial charge in [-0.25, -0.2) is 10.2 Å². The minimum absolute atomic E-state index is 0.470. The van der Waals surface area contributed by atoms with Gasteiger partial charge in [-0.2, -0.15) is 5.10 Å². The third-order valence-corrected chi connectivity index (χ3v) is 2.58. The molecule has 0 aliphatic heterocycles. The fourth-order valence-corrected chi connectivity index (χ4v) is 1.75. The summed E-state index contributed by atoms with van der Waals surface area (Å²) in [5.74, 6) is 0.476. The summed E-state index contributed by atoms with van der Waals surface area (Å²) < 4.78 is 5.11. The van der Waals surface area contributed by atoms with E-state index in [1.54, 1.807) is 0 Å². The molecule has 1 aliphatic carbocycles. The lowest BCUT2D eigenvalue weighted by Crippen LogP contribution is -2.31. The number of nitrogens with one attached hydrogen (secondary N) is 1. The van der Waals surface area contributed by atoms with E-state index in [1.165, 1.54) is 12.8 Å². The lowest BCUT2D eigenvalue weighted by Gasteiger charge is -2.21. The normalized spacial score (nSPS) is 24.2. The number of nitrogens with zero attached hydrogens (tertiary/aromatic N) is 1. The summed E-state index contributed by atoms with van der Waals surface area (Å²) in [7, 11) is 0. The predicted molar refractivity (Wildman–Crippen MR) is 64.4 cm³/mol. The van der Waals surface area contributed by atoms with E-state index in [0.29, 0.717) is 5.92 Å². The molecule has 1 saturated carbocycles. The molecule has 0 radical (unpaired) electrons. The molecule has 4 heteroatoms. The van der Waals surface area contributed by atoms with Crippen molar-refractivity contribution >= 4 is 11.8 Å². The van der Waals surface area contributed by atoms with E-state index in [-0.39, 0.29) is 0 Å². The molecule has 0 aromatic heterocycles. The average Bonchev–Trinajstić information content (AvgIpc) is 2.14. The van der Waals surface area contributed by atoms with E-state index in [2.05, 4.69) is 17.5 Å². The van der Waals surface area contributed by atoms with Crippen molar-refractivity contribution in [1.82, 2.24) is 5.43 Å². The second-order valence-electron chi connectivity index (χ2n) is 5.36. The Hall–Kier alpha value is -1.06. The Kier molecular flexibility index (Phi) is 4.33. The summed E-state index contributed by atoms with van der Waals surface area (Å²) in [6, 6.07) is 0. The van der Waals surface area contributed by atoms with Crippen molar-refractivity contribution in [2.45, 2.75) is 59.0 Å². The molecule has 1 amide bonds. The molecule has 0 unspecified atom stereocenters. The molecule has 1 atom stereocenters. The molecule has 1 N–H and O–H groups in total. The number of amides is 1. The van der Waals surface area contributed by atoms with Gasteiger partial charge in [-0.1, -0.05) is 13.3 Å². The van der Waals surface area contributed by atoms with Gasteiger partial charge in [0.2, 0.25) is 0 Å². The molecule has 1 aliphatic rings. The van der Waals surface area contributed by atoms with Crippen LogP contribution >= 0.6 is 0 Å². The highest BCUT2D eigenvalue weighted by Crippen LogP contribution is 2.20. The zero-order valence-corrected chi connectivity index (χ0v) is 10.7. The van der Waals surface area contributed by atoms with Crippen LogP contribution in [0.1, 0.15) is 53.4 Å². The van der Waals surface area contributed by atoms with Gasteiger partial charge in [0.15, 0.2) is 0 Å². The van der Waals surface area contributed by atoms with Crippen molar-refractivity contribution in [3.05, 3.63) is 0 Å². The smallest absolute Gasteiger partial charge is 0.428 e. The van der Waals surface area contributed by atoms with Gasteiger partial charge < -0.3 is 4.74 Å². The molecular weight excluding hydrogens is 204 g/mol. The molecule has 0 aromatic rings. The van der Waals surface area contributed by atoms with Crippen molar-refractivity contribution < 1.29 is 9.53 Å². The van der Waals surface area contributed by atoms with Crippen molar-refractivity contribution in [2.24, 2.45) is 11.0 Å². The molecule has 16 heavy (non-hydrogen) atoms. The maximum atomic E-state index is 11.4. The van der Waals surface area contributed by atoms with Gasteiger partial charge in [0, 0.05) is 5.71 Å². The highest BCUT2D eigenvalue weighted by atomic mass is 16.6. The fourth-order valence-electron chi connectivity index (χ4n) is 1.75. The first-order valence-corrected chi connectivity index (χ1v) is 5.94. The molecule has 92 valence electrons. The van der Waals surface area contributed by atoms with E-state index in [1.807, 2.05) is 20.8 Å². The van der Waals surface area contributed by atoms with Crippen molar-refractivity contribution in [2.75, 3.05) is 0 Å². The Morgan fingerprint density at radius 2 is 2.12 bits per heavy atom. The highest BCUT2D eigenvalue weighted by Gasteiger charge is 2.18. The maximum absolute atomic E-state index is 11.4. The van der Waals surface area contributed by atoms with Crippen LogP contribution in [0.15, 0.2) is 5.10 Å². The first-order valence-electron chi connectivity index (χ1n) is 5.94. The number of ether oxygens (including phenoxy) is 1. The van der Waals surface area contributed by atoms with Crippen LogP contribution in [0.25, 0.3) is 0 Å². The average molecular weight is 226 g/mol. The van der Waals surface area contributed by atoms with Crippen LogP contribution in [0.3, 0.4) is 0 Å². The van der Waals surface area contributed by atoms with Gasteiger partial charge in [0.05, 0.1) is 0 Å². The molecule has 0 heterocycles. The van der Waals surface area contributed by atoms with Crippen LogP contribution in [0.2, 0.25) is 0 Å². The SMILES string of the molecule is C[C@H]1CCCC/C1=N/NC(=O)OC(C)(C)C. The van der Waals surface area contributed by atoms with Crippen molar-refractivity contribution in [3.8, 4) is 0 Å². The third-order valence-electron chi connectivity index (χ3n) is 2.58. The Labute approximate surface area is 97.4 Å². The third kappa shape index (κ3) is 4.64. The molecule has 0 saturated heterocycles. The van der Waals surface area contributed by atoms with E-state index in [9.17, 15) is 4.79 Å². The number of hydrogen-bond donors (Lipinski definition) is 1. The Morgan fingerprint density at radius 1 is 1.44 bits per heavy atom. The van der Waals surface area contributed by atoms with Crippen LogP contribution in [-0.2, 0) is 4.74 Å². The number of carbonyl (C=O) groups is 1. The minimum Gasteiger partial charge on any atom is -0.443 e. The molecule has 4 nitrogen and oxygen atoms in total. The van der Waals surface area contributed by atoms with Gasteiger partial charge in [-0.05, 0) is 46.0 Å². The van der Waals surface area contributed by atoms with Crippen LogP contribution in [0.4, 0.5) is 4.79 Å². The quantitative estimate of drug-likeness (QED) is 0.698. The fraction of sp³-hybridized carbons (Fsp3) is 0.833. The summed E-state index contributed by atoms with van der Waals surface area (Å²) in [4.78, 5) is 11.4. The second-order valence-corrected chi connectivity index (χ2v) is 5.36. The Morgan fingerprint density at radius 3 is 2.69 bits per heavy atom. The topological polar surface area (TPSA) is 50.7 Å². The van der Waals surface area contributed by atoms with Gasteiger partial charge >= 0.3 is 6.09 Å². The summed E-state index contributed by atoms with van der Waals surface area (Å²) in [6.07, 6.45) is 4.09. The van der Waals surface area contributed by atoms with Crippen LogP contribution < -0.4 is 5.43 Å². The molecule has 0 bridgehead atoms. The Balaban J connectivity index is 2.42. The van der Waals surface area contributed by atoms with Crippen LogP contribution in [-0.4, -0.2) is 17.4 Å². The van der Waals surface area contributed by atoms with Crippen LogP contribution in [0.5, 0.6) is 0 Å². The van der Waals surface area contributed by atoms with Crippen molar-refractivity contribution in [1.29, 1.82) is 0 Å². The van der Waals surface area contributed by atoms with Crippen LogP contribution in [0, 0.1) is 5.92 Å². The number of hydrogen-bond acceptors (Lipinski definition) is 3. The lowest BCUT2D eigenvalue weighted by atomic mass is 9.89. The molecule has 0 aromatic carbocycles. The highest BCUT2D eigenvalue weighted by molar-refractivity contribution is 5.87. The summed E-state index contributed by atoms with van der Waals surface area (Å²) in [6.45, 7) is 7.66. The number of carbonyl (C=O) groups excluding carboxylic acids is 1. The van der Waals surface area contributed by atoms with Gasteiger partial charge in [0.25, 0.3) is 0 Å². The van der Waals surface area contributed by atoms with Crippen molar-refractivity contribution in [3.63, 3.8) is 0 Å². The largest absolute Gasteiger partial charge is 0.443 e. The van der Waals surface area contributed by atoms with E-state index in [0.717, 1.165) is 18.6 Å². The molecule has 0 spiro atoms.